The van der Waals surface area contributed by atoms with E-state index in [1.807, 2.05) is 18.2 Å². The Hall–Kier alpha value is -0.630. The molecular weight excluding hydrogens is 377 g/mol. The van der Waals surface area contributed by atoms with Crippen LogP contribution in [0.3, 0.4) is 0 Å². The van der Waals surface area contributed by atoms with Gasteiger partial charge in [0.25, 0.3) is 5.91 Å². The maximum absolute atomic E-state index is 12.3. The Kier molecular flexibility index (Phi) is 4.50. The van der Waals surface area contributed by atoms with Gasteiger partial charge < -0.3 is 4.90 Å². The van der Waals surface area contributed by atoms with Gasteiger partial charge in [0.1, 0.15) is 9.84 Å². The third kappa shape index (κ3) is 3.92. The van der Waals surface area contributed by atoms with Crippen molar-refractivity contribution in [2.75, 3.05) is 25.1 Å². The Bertz CT molecular complexity index is 598. The maximum Gasteiger partial charge on any atom is 0.254 e. The smallest absolute Gasteiger partial charge is 0.254 e. The first kappa shape index (κ1) is 14.8. The van der Waals surface area contributed by atoms with Crippen LogP contribution in [0.5, 0.6) is 0 Å². The van der Waals surface area contributed by atoms with E-state index in [0.29, 0.717) is 19.5 Å². The van der Waals surface area contributed by atoms with Gasteiger partial charge in [0.2, 0.25) is 0 Å². The number of hydrogen-bond acceptors (Lipinski definition) is 3. The lowest BCUT2D eigenvalue weighted by Crippen LogP contribution is -2.38. The molecule has 1 heterocycles. The van der Waals surface area contributed by atoms with E-state index >= 15 is 0 Å². The van der Waals surface area contributed by atoms with Crippen molar-refractivity contribution in [1.29, 1.82) is 0 Å². The second-order valence-electron chi connectivity index (χ2n) is 4.83. The third-order valence-electron chi connectivity index (χ3n) is 3.18. The molecule has 0 saturated heterocycles. The minimum absolute atomic E-state index is 0.0215. The van der Waals surface area contributed by atoms with Crippen LogP contribution in [-0.2, 0) is 16.3 Å². The Morgan fingerprint density at radius 2 is 2.11 bits per heavy atom. The molecule has 1 aliphatic heterocycles. The van der Waals surface area contributed by atoms with E-state index in [0.717, 1.165) is 21.1 Å². The summed E-state index contributed by atoms with van der Waals surface area (Å²) in [5.74, 6) is 0.156. The molecule has 1 amide bonds. The van der Waals surface area contributed by atoms with Crippen LogP contribution in [0.15, 0.2) is 18.2 Å². The molecule has 0 saturated carbocycles. The van der Waals surface area contributed by atoms with Crippen LogP contribution in [0, 0.1) is 3.57 Å². The Balaban J connectivity index is 2.05. The van der Waals surface area contributed by atoms with Crippen molar-refractivity contribution >= 4 is 38.3 Å². The van der Waals surface area contributed by atoms with Gasteiger partial charge >= 0.3 is 0 Å². The summed E-state index contributed by atoms with van der Waals surface area (Å²) in [5, 5.41) is 0. The predicted octanol–water partition coefficient (Wildman–Crippen LogP) is 1.72. The lowest BCUT2D eigenvalue weighted by Gasteiger charge is -2.28. The van der Waals surface area contributed by atoms with E-state index in [1.165, 1.54) is 6.26 Å². The zero-order valence-corrected chi connectivity index (χ0v) is 13.7. The summed E-state index contributed by atoms with van der Waals surface area (Å²) in [4.78, 5) is 14.1. The van der Waals surface area contributed by atoms with Crippen molar-refractivity contribution < 1.29 is 13.2 Å². The van der Waals surface area contributed by atoms with Crippen LogP contribution in [-0.4, -0.2) is 44.3 Å². The van der Waals surface area contributed by atoms with Crippen molar-refractivity contribution in [3.8, 4) is 0 Å². The molecule has 0 atom stereocenters. The Morgan fingerprint density at radius 3 is 2.79 bits per heavy atom. The minimum Gasteiger partial charge on any atom is -0.338 e. The van der Waals surface area contributed by atoms with Gasteiger partial charge in [-0.3, -0.25) is 4.79 Å². The molecule has 0 fully saturated rings. The number of fused-ring (bicyclic) bond motifs is 1. The molecule has 6 heteroatoms. The fourth-order valence-electron chi connectivity index (χ4n) is 2.22. The maximum atomic E-state index is 12.3. The van der Waals surface area contributed by atoms with Crippen LogP contribution in [0.2, 0.25) is 0 Å². The predicted molar refractivity (Wildman–Crippen MR) is 83.1 cm³/mol. The first-order chi connectivity index (χ1) is 8.87. The molecule has 1 aromatic rings. The van der Waals surface area contributed by atoms with E-state index in [-0.39, 0.29) is 11.7 Å². The SMILES string of the molecule is CS(=O)(=O)CCCN1CCc2ccc(I)cc2C1=O. The third-order valence-corrected chi connectivity index (χ3v) is 4.89. The summed E-state index contributed by atoms with van der Waals surface area (Å²) in [6, 6.07) is 5.91. The first-order valence-electron chi connectivity index (χ1n) is 6.12. The highest BCUT2D eigenvalue weighted by Gasteiger charge is 2.24. The molecule has 104 valence electrons. The second-order valence-corrected chi connectivity index (χ2v) is 8.33. The van der Waals surface area contributed by atoms with Crippen LogP contribution in [0.25, 0.3) is 0 Å². The second kappa shape index (κ2) is 5.78. The van der Waals surface area contributed by atoms with Gasteiger partial charge in [0.15, 0.2) is 0 Å². The summed E-state index contributed by atoms with van der Waals surface area (Å²) < 4.78 is 23.2. The first-order valence-corrected chi connectivity index (χ1v) is 9.26. The summed E-state index contributed by atoms with van der Waals surface area (Å²) in [7, 11) is -2.95. The molecule has 1 aliphatic rings. The molecule has 0 unspecified atom stereocenters. The average molecular weight is 393 g/mol. The number of carbonyl (C=O) groups is 1. The van der Waals surface area contributed by atoms with Gasteiger partial charge in [-0.25, -0.2) is 8.42 Å². The van der Waals surface area contributed by atoms with E-state index in [4.69, 9.17) is 0 Å². The lowest BCUT2D eigenvalue weighted by atomic mass is 9.99. The zero-order chi connectivity index (χ0) is 14.0. The number of halogens is 1. The monoisotopic (exact) mass is 393 g/mol. The highest BCUT2D eigenvalue weighted by Crippen LogP contribution is 2.21. The van der Waals surface area contributed by atoms with E-state index in [9.17, 15) is 13.2 Å². The van der Waals surface area contributed by atoms with Gasteiger partial charge in [-0.05, 0) is 53.1 Å². The van der Waals surface area contributed by atoms with Crippen LogP contribution >= 0.6 is 22.6 Å². The zero-order valence-electron chi connectivity index (χ0n) is 10.7. The van der Waals surface area contributed by atoms with E-state index in [2.05, 4.69) is 22.6 Å². The van der Waals surface area contributed by atoms with Crippen LogP contribution in [0.4, 0.5) is 0 Å². The van der Waals surface area contributed by atoms with Crippen molar-refractivity contribution in [2.45, 2.75) is 12.8 Å². The van der Waals surface area contributed by atoms with E-state index in [1.54, 1.807) is 4.90 Å². The summed E-state index contributed by atoms with van der Waals surface area (Å²) >= 11 is 2.19. The molecule has 0 aromatic heterocycles. The fourth-order valence-corrected chi connectivity index (χ4v) is 3.37. The molecule has 0 aliphatic carbocycles. The number of rotatable bonds is 4. The van der Waals surface area contributed by atoms with Gasteiger partial charge in [-0.2, -0.15) is 0 Å². The molecule has 2 rings (SSSR count). The molecule has 0 spiro atoms. The number of hydrogen-bond donors (Lipinski definition) is 0. The van der Waals surface area contributed by atoms with Crippen molar-refractivity contribution in [2.24, 2.45) is 0 Å². The number of nitrogens with zero attached hydrogens (tertiary/aromatic N) is 1. The van der Waals surface area contributed by atoms with Gasteiger partial charge in [0.05, 0.1) is 5.75 Å². The molecule has 0 radical (unpaired) electrons. The lowest BCUT2D eigenvalue weighted by molar-refractivity contribution is 0.0740. The quantitative estimate of drug-likeness (QED) is 0.733. The van der Waals surface area contributed by atoms with Crippen molar-refractivity contribution in [3.05, 3.63) is 32.9 Å². The molecule has 1 aromatic carbocycles. The number of sulfone groups is 1. The standard InChI is InChI=1S/C13H16INO3S/c1-19(17,18)8-2-6-15-7-5-10-3-4-11(14)9-12(10)13(15)16/h3-4,9H,2,5-8H2,1H3. The summed E-state index contributed by atoms with van der Waals surface area (Å²) in [5.41, 5.74) is 1.85. The molecule has 4 nitrogen and oxygen atoms in total. The average Bonchev–Trinajstić information content (AvgIpc) is 2.31. The van der Waals surface area contributed by atoms with Crippen molar-refractivity contribution in [1.82, 2.24) is 4.90 Å². The molecule has 0 bridgehead atoms. The highest BCUT2D eigenvalue weighted by atomic mass is 127. The molecule has 0 N–H and O–H groups in total. The summed E-state index contributed by atoms with van der Waals surface area (Å²) in [6.07, 6.45) is 2.57. The summed E-state index contributed by atoms with van der Waals surface area (Å²) in [6.45, 7) is 1.19. The molecule has 19 heavy (non-hydrogen) atoms. The minimum atomic E-state index is -2.95. The van der Waals surface area contributed by atoms with E-state index < -0.39 is 9.84 Å². The number of amides is 1. The van der Waals surface area contributed by atoms with Gasteiger partial charge in [-0.1, -0.05) is 6.07 Å². The Labute approximate surface area is 127 Å². The van der Waals surface area contributed by atoms with Crippen LogP contribution in [0.1, 0.15) is 22.3 Å². The largest absolute Gasteiger partial charge is 0.338 e. The van der Waals surface area contributed by atoms with Crippen LogP contribution < -0.4 is 0 Å². The van der Waals surface area contributed by atoms with Gasteiger partial charge in [0, 0.05) is 28.5 Å². The number of benzene rings is 1. The Morgan fingerprint density at radius 1 is 1.37 bits per heavy atom. The highest BCUT2D eigenvalue weighted by molar-refractivity contribution is 14.1. The normalized spacial score (nSPS) is 15.5. The molecular formula is C13H16INO3S. The van der Waals surface area contributed by atoms with Gasteiger partial charge in [-0.15, -0.1) is 0 Å². The number of carbonyl (C=O) groups excluding carboxylic acids is 1. The van der Waals surface area contributed by atoms with Crippen molar-refractivity contribution in [3.63, 3.8) is 0 Å². The fraction of sp³-hybridized carbons (Fsp3) is 0.462. The topological polar surface area (TPSA) is 54.5 Å².